The van der Waals surface area contributed by atoms with Crippen LogP contribution in [0.5, 0.6) is 0 Å². The van der Waals surface area contributed by atoms with Crippen molar-refractivity contribution in [3.05, 3.63) is 0 Å². The fourth-order valence-corrected chi connectivity index (χ4v) is 2.44. The molecule has 124 valence electrons. The lowest BCUT2D eigenvalue weighted by molar-refractivity contribution is -0.138. The van der Waals surface area contributed by atoms with Crippen LogP contribution in [0, 0.1) is 11.8 Å². The van der Waals surface area contributed by atoms with Crippen LogP contribution < -0.4 is 11.1 Å². The van der Waals surface area contributed by atoms with Gasteiger partial charge in [0.05, 0.1) is 5.92 Å². The van der Waals surface area contributed by atoms with Crippen LogP contribution in [-0.4, -0.2) is 42.4 Å². The maximum atomic E-state index is 12.2. The lowest BCUT2D eigenvalue weighted by Crippen LogP contribution is -2.47. The average Bonchev–Trinajstić information content (AvgIpc) is 2.45. The fourth-order valence-electron chi connectivity index (χ4n) is 2.44. The smallest absolute Gasteiger partial charge is 0.225 e. The van der Waals surface area contributed by atoms with E-state index in [9.17, 15) is 9.59 Å². The van der Waals surface area contributed by atoms with Gasteiger partial charge in [-0.2, -0.15) is 0 Å². The van der Waals surface area contributed by atoms with E-state index >= 15 is 0 Å². The predicted molar refractivity (Wildman–Crippen MR) is 87.3 cm³/mol. The molecule has 0 bridgehead atoms. The first-order valence-corrected chi connectivity index (χ1v) is 7.77. The van der Waals surface area contributed by atoms with Gasteiger partial charge in [-0.1, -0.05) is 13.8 Å². The summed E-state index contributed by atoms with van der Waals surface area (Å²) in [6, 6.07) is 0.102. The maximum Gasteiger partial charge on any atom is 0.225 e. The molecule has 1 fully saturated rings. The van der Waals surface area contributed by atoms with Gasteiger partial charge < -0.3 is 16.0 Å². The topological polar surface area (TPSA) is 75.4 Å². The summed E-state index contributed by atoms with van der Waals surface area (Å²) in [5.74, 6) is 0.229. The van der Waals surface area contributed by atoms with Gasteiger partial charge in [0.25, 0.3) is 0 Å². The van der Waals surface area contributed by atoms with E-state index in [1.165, 1.54) is 0 Å². The van der Waals surface area contributed by atoms with E-state index in [4.69, 9.17) is 5.73 Å². The number of piperidine rings is 1. The number of carbonyl (C=O) groups is 2. The van der Waals surface area contributed by atoms with Gasteiger partial charge in [0.15, 0.2) is 0 Å². The molecule has 0 aromatic rings. The summed E-state index contributed by atoms with van der Waals surface area (Å²) in [5.41, 5.74) is 5.66. The number of nitrogens with zero attached hydrogens (tertiary/aromatic N) is 1. The quantitative estimate of drug-likeness (QED) is 0.780. The Morgan fingerprint density at radius 3 is 2.62 bits per heavy atom. The minimum Gasteiger partial charge on any atom is -0.356 e. The van der Waals surface area contributed by atoms with Gasteiger partial charge in [0, 0.05) is 31.6 Å². The molecule has 0 saturated carbocycles. The number of hydrogen-bond acceptors (Lipinski definition) is 3. The van der Waals surface area contributed by atoms with Crippen molar-refractivity contribution in [3.8, 4) is 0 Å². The van der Waals surface area contributed by atoms with Crippen LogP contribution >= 0.6 is 12.4 Å². The molecule has 6 heteroatoms. The van der Waals surface area contributed by atoms with E-state index < -0.39 is 0 Å². The molecule has 0 aliphatic carbocycles. The van der Waals surface area contributed by atoms with Gasteiger partial charge in [-0.3, -0.25) is 9.59 Å². The first-order chi connectivity index (χ1) is 9.45. The monoisotopic (exact) mass is 319 g/mol. The van der Waals surface area contributed by atoms with E-state index in [0.29, 0.717) is 13.1 Å². The molecule has 3 unspecified atom stereocenters. The number of rotatable bonds is 6. The molecule has 3 atom stereocenters. The predicted octanol–water partition coefficient (Wildman–Crippen LogP) is 1.55. The number of amides is 2. The van der Waals surface area contributed by atoms with Gasteiger partial charge >= 0.3 is 0 Å². The molecular formula is C15H30ClN3O2. The standard InChI is InChI=1S/C15H29N3O2.ClH/c1-4-11(2)15(20)18-9-5-6-13(10-18)14(19)17-8-7-12(3)16;/h11-13H,4-10,16H2,1-3H3,(H,17,19);1H. The van der Waals surface area contributed by atoms with Crippen molar-refractivity contribution in [1.82, 2.24) is 10.2 Å². The zero-order chi connectivity index (χ0) is 15.1. The van der Waals surface area contributed by atoms with E-state index in [-0.39, 0.29) is 42.1 Å². The second kappa shape index (κ2) is 10.0. The van der Waals surface area contributed by atoms with Crippen LogP contribution in [0.2, 0.25) is 0 Å². The molecule has 1 aliphatic heterocycles. The summed E-state index contributed by atoms with van der Waals surface area (Å²) in [6.45, 7) is 7.87. The Morgan fingerprint density at radius 1 is 1.38 bits per heavy atom. The normalized spacial score (nSPS) is 21.1. The van der Waals surface area contributed by atoms with Gasteiger partial charge in [-0.05, 0) is 32.6 Å². The van der Waals surface area contributed by atoms with Crippen molar-refractivity contribution < 1.29 is 9.59 Å². The summed E-state index contributed by atoms with van der Waals surface area (Å²) in [7, 11) is 0. The third kappa shape index (κ3) is 6.66. The highest BCUT2D eigenvalue weighted by Crippen LogP contribution is 2.19. The summed E-state index contributed by atoms with van der Waals surface area (Å²) >= 11 is 0. The number of halogens is 1. The SMILES string of the molecule is CCC(C)C(=O)N1CCCC(C(=O)NCCC(C)N)C1.Cl. The van der Waals surface area contributed by atoms with Crippen molar-refractivity contribution >= 4 is 24.2 Å². The second-order valence-corrected chi connectivity index (χ2v) is 5.99. The minimum absolute atomic E-state index is 0. The van der Waals surface area contributed by atoms with Gasteiger partial charge in [0.2, 0.25) is 11.8 Å². The Morgan fingerprint density at radius 2 is 2.05 bits per heavy atom. The molecule has 3 N–H and O–H groups in total. The molecule has 0 aromatic carbocycles. The Kier molecular flexibility index (Phi) is 9.62. The summed E-state index contributed by atoms with van der Waals surface area (Å²) in [4.78, 5) is 26.1. The van der Waals surface area contributed by atoms with Crippen LogP contribution in [-0.2, 0) is 9.59 Å². The van der Waals surface area contributed by atoms with Crippen molar-refractivity contribution in [1.29, 1.82) is 0 Å². The zero-order valence-electron chi connectivity index (χ0n) is 13.4. The number of nitrogens with two attached hydrogens (primary N) is 1. The Bertz CT molecular complexity index is 337. The largest absolute Gasteiger partial charge is 0.356 e. The Labute approximate surface area is 134 Å². The lowest BCUT2D eigenvalue weighted by Gasteiger charge is -2.33. The van der Waals surface area contributed by atoms with Crippen LogP contribution in [0.3, 0.4) is 0 Å². The Hall–Kier alpha value is -0.810. The first kappa shape index (κ1) is 20.2. The highest BCUT2D eigenvalue weighted by Gasteiger charge is 2.29. The molecule has 1 saturated heterocycles. The minimum atomic E-state index is -0.0650. The van der Waals surface area contributed by atoms with Crippen molar-refractivity contribution in [3.63, 3.8) is 0 Å². The van der Waals surface area contributed by atoms with E-state index in [1.807, 2.05) is 25.7 Å². The number of likely N-dealkylation sites (tertiary alicyclic amines) is 1. The van der Waals surface area contributed by atoms with Crippen LogP contribution in [0.25, 0.3) is 0 Å². The zero-order valence-corrected chi connectivity index (χ0v) is 14.2. The van der Waals surface area contributed by atoms with Gasteiger partial charge in [-0.15, -0.1) is 12.4 Å². The average molecular weight is 320 g/mol. The second-order valence-electron chi connectivity index (χ2n) is 5.99. The van der Waals surface area contributed by atoms with Crippen molar-refractivity contribution in [2.75, 3.05) is 19.6 Å². The van der Waals surface area contributed by atoms with Gasteiger partial charge in [-0.25, -0.2) is 0 Å². The molecule has 5 nitrogen and oxygen atoms in total. The van der Waals surface area contributed by atoms with E-state index in [0.717, 1.165) is 32.2 Å². The third-order valence-corrected chi connectivity index (χ3v) is 4.04. The molecule has 1 rings (SSSR count). The first-order valence-electron chi connectivity index (χ1n) is 7.77. The summed E-state index contributed by atoms with van der Waals surface area (Å²) in [6.07, 6.45) is 3.41. The third-order valence-electron chi connectivity index (χ3n) is 4.04. The number of nitrogens with one attached hydrogen (secondary N) is 1. The molecule has 0 spiro atoms. The van der Waals surface area contributed by atoms with Crippen LogP contribution in [0.1, 0.15) is 46.5 Å². The van der Waals surface area contributed by atoms with Crippen LogP contribution in [0.15, 0.2) is 0 Å². The number of hydrogen-bond donors (Lipinski definition) is 2. The maximum absolute atomic E-state index is 12.2. The number of carbonyl (C=O) groups excluding carboxylic acids is 2. The van der Waals surface area contributed by atoms with Crippen molar-refractivity contribution in [2.45, 2.75) is 52.5 Å². The molecule has 0 aromatic heterocycles. The molecule has 1 aliphatic rings. The lowest BCUT2D eigenvalue weighted by atomic mass is 9.95. The molecular weight excluding hydrogens is 290 g/mol. The molecule has 1 heterocycles. The highest BCUT2D eigenvalue weighted by molar-refractivity contribution is 5.85. The molecule has 2 amide bonds. The van der Waals surface area contributed by atoms with Gasteiger partial charge in [0.1, 0.15) is 0 Å². The molecule has 21 heavy (non-hydrogen) atoms. The Balaban J connectivity index is 0.00000400. The molecule has 0 radical (unpaired) electrons. The fraction of sp³-hybridized carbons (Fsp3) is 0.867. The van der Waals surface area contributed by atoms with E-state index in [2.05, 4.69) is 5.32 Å². The van der Waals surface area contributed by atoms with Crippen LogP contribution in [0.4, 0.5) is 0 Å². The summed E-state index contributed by atoms with van der Waals surface area (Å²) in [5, 5.41) is 2.93. The van der Waals surface area contributed by atoms with Crippen molar-refractivity contribution in [2.24, 2.45) is 17.6 Å². The summed E-state index contributed by atoms with van der Waals surface area (Å²) < 4.78 is 0. The van der Waals surface area contributed by atoms with E-state index in [1.54, 1.807) is 0 Å². The highest BCUT2D eigenvalue weighted by atomic mass is 35.5.